The van der Waals surface area contributed by atoms with Crippen molar-refractivity contribution in [2.45, 2.75) is 18.5 Å². The van der Waals surface area contributed by atoms with Gasteiger partial charge in [-0.15, -0.1) is 0 Å². The highest BCUT2D eigenvalue weighted by molar-refractivity contribution is 6.07. The van der Waals surface area contributed by atoms with Crippen LogP contribution in [0.15, 0.2) is 12.4 Å². The largest absolute Gasteiger partial charge is 0.396 e. The molecule has 1 aromatic rings. The molecule has 0 radical (unpaired) electrons. The number of imide groups is 1. The monoisotopic (exact) mass is 278 g/mol. The predicted octanol–water partition coefficient (Wildman–Crippen LogP) is -1.72. The number of carbonyl (C=O) groups is 3. The number of rotatable bonds is 2. The zero-order valence-electron chi connectivity index (χ0n) is 10.6. The Hall–Kier alpha value is -2.58. The summed E-state index contributed by atoms with van der Waals surface area (Å²) in [5, 5.41) is 8.74. The first-order valence-electron chi connectivity index (χ1n) is 6.18. The second-order valence-corrected chi connectivity index (χ2v) is 5.03. The fourth-order valence-corrected chi connectivity index (χ4v) is 2.54. The lowest BCUT2D eigenvalue weighted by molar-refractivity contribution is -0.131. The molecule has 4 N–H and O–H groups in total. The highest BCUT2D eigenvalue weighted by Gasteiger charge is 2.51. The van der Waals surface area contributed by atoms with Crippen molar-refractivity contribution in [1.82, 2.24) is 25.3 Å². The van der Waals surface area contributed by atoms with E-state index in [2.05, 4.69) is 15.7 Å². The SMILES string of the molecule is Nc1cnn(CC(=O)N2CCC3(C2)NC(=O)NC3=O)c1. The molecule has 1 aromatic heterocycles. The van der Waals surface area contributed by atoms with Crippen molar-refractivity contribution in [3.05, 3.63) is 12.4 Å². The number of nitrogens with zero attached hydrogens (tertiary/aromatic N) is 3. The average Bonchev–Trinajstić information content (AvgIpc) is 3.03. The molecule has 1 atom stereocenters. The first-order valence-corrected chi connectivity index (χ1v) is 6.18. The van der Waals surface area contributed by atoms with Crippen LogP contribution < -0.4 is 16.4 Å². The molecule has 2 aliphatic rings. The van der Waals surface area contributed by atoms with E-state index in [0.717, 1.165) is 0 Å². The molecule has 2 aliphatic heterocycles. The van der Waals surface area contributed by atoms with E-state index in [1.165, 1.54) is 10.9 Å². The highest BCUT2D eigenvalue weighted by Crippen LogP contribution is 2.24. The Kier molecular flexibility index (Phi) is 2.63. The molecule has 9 nitrogen and oxygen atoms in total. The maximum atomic E-state index is 12.1. The third kappa shape index (κ3) is 1.96. The van der Waals surface area contributed by atoms with Crippen molar-refractivity contribution >= 4 is 23.5 Å². The minimum Gasteiger partial charge on any atom is -0.396 e. The van der Waals surface area contributed by atoms with E-state index in [4.69, 9.17) is 5.73 Å². The van der Waals surface area contributed by atoms with Crippen LogP contribution in [0.25, 0.3) is 0 Å². The zero-order valence-corrected chi connectivity index (χ0v) is 10.6. The van der Waals surface area contributed by atoms with Gasteiger partial charge in [0.1, 0.15) is 12.1 Å². The number of nitrogen functional groups attached to an aromatic ring is 1. The molecular formula is C11H14N6O3. The Morgan fingerprint density at radius 3 is 2.90 bits per heavy atom. The van der Waals surface area contributed by atoms with Crippen molar-refractivity contribution in [2.75, 3.05) is 18.8 Å². The molecule has 3 heterocycles. The molecule has 1 unspecified atom stereocenters. The minimum atomic E-state index is -0.976. The Labute approximate surface area is 114 Å². The van der Waals surface area contributed by atoms with Gasteiger partial charge in [-0.25, -0.2) is 4.79 Å². The second-order valence-electron chi connectivity index (χ2n) is 5.03. The van der Waals surface area contributed by atoms with Gasteiger partial charge in [0.05, 0.1) is 18.4 Å². The summed E-state index contributed by atoms with van der Waals surface area (Å²) in [6.07, 6.45) is 3.44. The summed E-state index contributed by atoms with van der Waals surface area (Å²) in [6.45, 7) is 0.659. The summed E-state index contributed by atoms with van der Waals surface area (Å²) in [5.41, 5.74) is 5.04. The van der Waals surface area contributed by atoms with Crippen LogP contribution >= 0.6 is 0 Å². The van der Waals surface area contributed by atoms with Gasteiger partial charge in [0, 0.05) is 12.7 Å². The lowest BCUT2D eigenvalue weighted by Gasteiger charge is -2.21. The molecule has 4 amide bonds. The summed E-state index contributed by atoms with van der Waals surface area (Å²) in [7, 11) is 0. The maximum Gasteiger partial charge on any atom is 0.322 e. The topological polar surface area (TPSA) is 122 Å². The number of urea groups is 1. The van der Waals surface area contributed by atoms with Gasteiger partial charge >= 0.3 is 6.03 Å². The Bertz CT molecular complexity index is 597. The molecule has 1 spiro atoms. The zero-order chi connectivity index (χ0) is 14.3. The van der Waals surface area contributed by atoms with Crippen LogP contribution in [-0.4, -0.2) is 51.2 Å². The van der Waals surface area contributed by atoms with Crippen molar-refractivity contribution < 1.29 is 14.4 Å². The highest BCUT2D eigenvalue weighted by atomic mass is 16.2. The molecule has 0 aliphatic carbocycles. The lowest BCUT2D eigenvalue weighted by atomic mass is 10.00. The second kappa shape index (κ2) is 4.22. The fourth-order valence-electron chi connectivity index (χ4n) is 2.54. The number of amides is 4. The molecule has 2 saturated heterocycles. The summed E-state index contributed by atoms with van der Waals surface area (Å²) < 4.78 is 1.44. The van der Waals surface area contributed by atoms with Gasteiger partial charge in [0.15, 0.2) is 0 Å². The first-order chi connectivity index (χ1) is 9.48. The van der Waals surface area contributed by atoms with Gasteiger partial charge in [-0.1, -0.05) is 0 Å². The fraction of sp³-hybridized carbons (Fsp3) is 0.455. The molecule has 9 heteroatoms. The van der Waals surface area contributed by atoms with Crippen LogP contribution in [-0.2, 0) is 16.1 Å². The van der Waals surface area contributed by atoms with Crippen molar-refractivity contribution in [1.29, 1.82) is 0 Å². The predicted molar refractivity (Wildman–Crippen MR) is 67.2 cm³/mol. The third-order valence-corrected chi connectivity index (χ3v) is 3.59. The summed E-state index contributed by atoms with van der Waals surface area (Å²) >= 11 is 0. The Balaban J connectivity index is 1.66. The van der Waals surface area contributed by atoms with Gasteiger partial charge in [-0.05, 0) is 6.42 Å². The normalized spacial score (nSPS) is 25.1. The Morgan fingerprint density at radius 1 is 1.50 bits per heavy atom. The van der Waals surface area contributed by atoms with Gasteiger partial charge in [0.25, 0.3) is 5.91 Å². The number of nitrogens with one attached hydrogen (secondary N) is 2. The van der Waals surface area contributed by atoms with Crippen molar-refractivity contribution in [3.8, 4) is 0 Å². The molecular weight excluding hydrogens is 264 g/mol. The molecule has 2 fully saturated rings. The molecule has 0 bridgehead atoms. The van der Waals surface area contributed by atoms with Crippen LogP contribution in [0.3, 0.4) is 0 Å². The number of aromatic nitrogens is 2. The molecule has 3 rings (SSSR count). The van der Waals surface area contributed by atoms with Crippen molar-refractivity contribution in [3.63, 3.8) is 0 Å². The van der Waals surface area contributed by atoms with Gasteiger partial charge in [0.2, 0.25) is 5.91 Å². The van der Waals surface area contributed by atoms with E-state index in [1.54, 1.807) is 11.1 Å². The summed E-state index contributed by atoms with van der Waals surface area (Å²) in [5.74, 6) is -0.542. The summed E-state index contributed by atoms with van der Waals surface area (Å²) in [4.78, 5) is 36.7. The van der Waals surface area contributed by atoms with E-state index in [-0.39, 0.29) is 24.9 Å². The van der Waals surface area contributed by atoms with E-state index >= 15 is 0 Å². The van der Waals surface area contributed by atoms with E-state index in [9.17, 15) is 14.4 Å². The van der Waals surface area contributed by atoms with E-state index in [0.29, 0.717) is 18.7 Å². The number of carbonyl (C=O) groups excluding carboxylic acids is 3. The molecule has 0 aromatic carbocycles. The molecule has 20 heavy (non-hydrogen) atoms. The van der Waals surface area contributed by atoms with Crippen LogP contribution in [0.5, 0.6) is 0 Å². The van der Waals surface area contributed by atoms with Crippen molar-refractivity contribution in [2.24, 2.45) is 0 Å². The van der Waals surface area contributed by atoms with Gasteiger partial charge in [-0.2, -0.15) is 5.10 Å². The average molecular weight is 278 g/mol. The third-order valence-electron chi connectivity index (χ3n) is 3.59. The van der Waals surface area contributed by atoms with Crippen LogP contribution in [0.1, 0.15) is 6.42 Å². The number of nitrogens with two attached hydrogens (primary N) is 1. The quantitative estimate of drug-likeness (QED) is 0.555. The Morgan fingerprint density at radius 2 is 2.30 bits per heavy atom. The number of hydrogen-bond acceptors (Lipinski definition) is 5. The van der Waals surface area contributed by atoms with Crippen LogP contribution in [0.2, 0.25) is 0 Å². The van der Waals surface area contributed by atoms with Crippen LogP contribution in [0.4, 0.5) is 10.5 Å². The number of hydrogen-bond donors (Lipinski definition) is 3. The van der Waals surface area contributed by atoms with Gasteiger partial charge < -0.3 is 16.0 Å². The maximum absolute atomic E-state index is 12.1. The van der Waals surface area contributed by atoms with E-state index in [1.807, 2.05) is 0 Å². The summed E-state index contributed by atoms with van der Waals surface area (Å²) in [6, 6.07) is -0.510. The standard InChI is InChI=1S/C11H14N6O3/c12-7-3-13-17(4-7)5-8(18)16-2-1-11(6-16)9(19)14-10(20)15-11/h3-4H,1-2,5-6,12H2,(H2,14,15,19,20). The van der Waals surface area contributed by atoms with Gasteiger partial charge in [-0.3, -0.25) is 19.6 Å². The first kappa shape index (κ1) is 12.5. The number of anilines is 1. The smallest absolute Gasteiger partial charge is 0.322 e. The van der Waals surface area contributed by atoms with Crippen LogP contribution in [0, 0.1) is 0 Å². The van der Waals surface area contributed by atoms with E-state index < -0.39 is 11.6 Å². The number of likely N-dealkylation sites (tertiary alicyclic amines) is 1. The lowest BCUT2D eigenvalue weighted by Crippen LogP contribution is -2.49. The minimum absolute atomic E-state index is 0.0584. The molecule has 0 saturated carbocycles. The molecule has 106 valence electrons.